The van der Waals surface area contributed by atoms with Gasteiger partial charge in [0.1, 0.15) is 11.1 Å². The highest BCUT2D eigenvalue weighted by Gasteiger charge is 2.27. The van der Waals surface area contributed by atoms with E-state index in [0.29, 0.717) is 24.3 Å². The van der Waals surface area contributed by atoms with Crippen molar-refractivity contribution in [3.63, 3.8) is 0 Å². The van der Waals surface area contributed by atoms with E-state index < -0.39 is 11.7 Å². The lowest BCUT2D eigenvalue weighted by Gasteiger charge is -2.30. The first-order valence-corrected chi connectivity index (χ1v) is 10.5. The summed E-state index contributed by atoms with van der Waals surface area (Å²) in [4.78, 5) is 31.4. The number of rotatable bonds is 3. The molecule has 1 aliphatic heterocycles. The van der Waals surface area contributed by atoms with Crippen LogP contribution in [0.4, 0.5) is 10.5 Å². The van der Waals surface area contributed by atoms with Gasteiger partial charge in [0.25, 0.3) is 5.91 Å². The van der Waals surface area contributed by atoms with Crippen molar-refractivity contribution in [2.24, 2.45) is 0 Å². The maximum atomic E-state index is 13.0. The first kappa shape index (κ1) is 20.9. The molecule has 0 spiro atoms. The number of piperidine rings is 1. The summed E-state index contributed by atoms with van der Waals surface area (Å²) in [5, 5.41) is 2.69. The molecule has 2 aromatic carbocycles. The predicted molar refractivity (Wildman–Crippen MR) is 118 cm³/mol. The minimum absolute atomic E-state index is 0.0520. The quantitative estimate of drug-likeness (QED) is 0.629. The molecular formula is C24H27N3O4. The second-order valence-corrected chi connectivity index (χ2v) is 8.79. The molecule has 0 bridgehead atoms. The third kappa shape index (κ3) is 5.05. The van der Waals surface area contributed by atoms with Crippen molar-refractivity contribution in [3.05, 3.63) is 60.0 Å². The number of anilines is 1. The molecule has 0 saturated carbocycles. The van der Waals surface area contributed by atoms with E-state index in [1.807, 2.05) is 29.2 Å². The Hall–Kier alpha value is -3.35. The molecule has 0 unspecified atom stereocenters. The Morgan fingerprint density at radius 3 is 2.55 bits per heavy atom. The van der Waals surface area contributed by atoms with Crippen molar-refractivity contribution in [2.45, 2.75) is 45.1 Å². The smallest absolute Gasteiger partial charge is 0.412 e. The molecule has 1 N–H and O–H groups in total. The molecule has 1 aromatic heterocycles. The number of carbonyl (C=O) groups is 2. The highest BCUT2D eigenvalue weighted by atomic mass is 16.6. The first-order chi connectivity index (χ1) is 14.8. The van der Waals surface area contributed by atoms with Crippen LogP contribution >= 0.6 is 0 Å². The van der Waals surface area contributed by atoms with Crippen LogP contribution in [0.15, 0.2) is 52.9 Å². The Morgan fingerprint density at radius 2 is 1.84 bits per heavy atom. The van der Waals surface area contributed by atoms with E-state index in [1.165, 1.54) is 0 Å². The molecule has 4 rings (SSSR count). The maximum Gasteiger partial charge on any atom is 0.412 e. The lowest BCUT2D eigenvalue weighted by molar-refractivity contribution is 0.0634. The van der Waals surface area contributed by atoms with Crippen LogP contribution in [0.1, 0.15) is 55.8 Å². The topological polar surface area (TPSA) is 84.7 Å². The number of aromatic nitrogens is 1. The SMILES string of the molecule is CC(C)(C)OC(=O)Nc1cccc(C(=O)N2CCC(c3nc4ccccc4o3)CC2)c1. The van der Waals surface area contributed by atoms with Crippen molar-refractivity contribution >= 4 is 28.8 Å². The van der Waals surface area contributed by atoms with Gasteiger partial charge in [-0.1, -0.05) is 18.2 Å². The summed E-state index contributed by atoms with van der Waals surface area (Å²) in [6, 6.07) is 14.7. The van der Waals surface area contributed by atoms with Crippen molar-refractivity contribution < 1.29 is 18.7 Å². The van der Waals surface area contributed by atoms with Gasteiger partial charge in [-0.2, -0.15) is 0 Å². The second kappa shape index (κ2) is 8.41. The zero-order valence-electron chi connectivity index (χ0n) is 18.1. The molecule has 162 valence electrons. The summed E-state index contributed by atoms with van der Waals surface area (Å²) in [6.45, 7) is 6.67. The van der Waals surface area contributed by atoms with E-state index in [9.17, 15) is 9.59 Å². The van der Waals surface area contributed by atoms with Crippen LogP contribution in [0.3, 0.4) is 0 Å². The van der Waals surface area contributed by atoms with E-state index in [-0.39, 0.29) is 11.8 Å². The second-order valence-electron chi connectivity index (χ2n) is 8.79. The van der Waals surface area contributed by atoms with Gasteiger partial charge in [0.2, 0.25) is 0 Å². The number of amides is 2. The van der Waals surface area contributed by atoms with Crippen LogP contribution in [-0.2, 0) is 4.74 Å². The summed E-state index contributed by atoms with van der Waals surface area (Å²) in [7, 11) is 0. The molecule has 3 aromatic rings. The summed E-state index contributed by atoms with van der Waals surface area (Å²) in [6.07, 6.45) is 1.05. The predicted octanol–water partition coefficient (Wildman–Crippen LogP) is 5.19. The fourth-order valence-electron chi connectivity index (χ4n) is 3.73. The van der Waals surface area contributed by atoms with Crippen LogP contribution in [0.2, 0.25) is 0 Å². The van der Waals surface area contributed by atoms with Crippen LogP contribution < -0.4 is 5.32 Å². The number of carbonyl (C=O) groups excluding carboxylic acids is 2. The third-order valence-corrected chi connectivity index (χ3v) is 5.20. The molecule has 31 heavy (non-hydrogen) atoms. The Balaban J connectivity index is 1.37. The average molecular weight is 421 g/mol. The van der Waals surface area contributed by atoms with Gasteiger partial charge in [-0.15, -0.1) is 0 Å². The van der Waals surface area contributed by atoms with Crippen LogP contribution in [-0.4, -0.2) is 40.6 Å². The van der Waals surface area contributed by atoms with Crippen LogP contribution in [0.25, 0.3) is 11.1 Å². The highest BCUT2D eigenvalue weighted by molar-refractivity contribution is 5.96. The van der Waals surface area contributed by atoms with E-state index in [1.54, 1.807) is 45.0 Å². The number of fused-ring (bicyclic) bond motifs is 1. The molecule has 1 aliphatic rings. The monoisotopic (exact) mass is 421 g/mol. The van der Waals surface area contributed by atoms with Gasteiger partial charge in [-0.3, -0.25) is 10.1 Å². The molecule has 7 heteroatoms. The summed E-state index contributed by atoms with van der Waals surface area (Å²) < 4.78 is 11.2. The number of oxazole rings is 1. The molecule has 2 heterocycles. The Bertz CT molecular complexity index is 1060. The average Bonchev–Trinajstić information content (AvgIpc) is 3.16. The largest absolute Gasteiger partial charge is 0.444 e. The lowest BCUT2D eigenvalue weighted by Crippen LogP contribution is -2.38. The van der Waals surface area contributed by atoms with Crippen LogP contribution in [0.5, 0.6) is 0 Å². The van der Waals surface area contributed by atoms with Gasteiger partial charge in [-0.25, -0.2) is 9.78 Å². The summed E-state index contributed by atoms with van der Waals surface area (Å²) in [5.74, 6) is 0.900. The van der Waals surface area contributed by atoms with Gasteiger partial charge in [0.15, 0.2) is 11.5 Å². The number of hydrogen-bond acceptors (Lipinski definition) is 5. The Kier molecular flexibility index (Phi) is 5.67. The Morgan fingerprint density at radius 1 is 1.10 bits per heavy atom. The van der Waals surface area contributed by atoms with Gasteiger partial charge >= 0.3 is 6.09 Å². The zero-order valence-corrected chi connectivity index (χ0v) is 18.1. The molecule has 0 aliphatic carbocycles. The zero-order chi connectivity index (χ0) is 22.0. The van der Waals surface area contributed by atoms with Gasteiger partial charge in [-0.05, 0) is 63.9 Å². The molecular weight excluding hydrogens is 394 g/mol. The van der Waals surface area contributed by atoms with E-state index in [2.05, 4.69) is 10.3 Å². The van der Waals surface area contributed by atoms with Crippen molar-refractivity contribution in [2.75, 3.05) is 18.4 Å². The van der Waals surface area contributed by atoms with Gasteiger partial charge < -0.3 is 14.1 Å². The maximum absolute atomic E-state index is 13.0. The molecule has 7 nitrogen and oxygen atoms in total. The first-order valence-electron chi connectivity index (χ1n) is 10.5. The number of para-hydroxylation sites is 2. The molecule has 1 saturated heterocycles. The van der Waals surface area contributed by atoms with E-state index in [4.69, 9.17) is 9.15 Å². The number of hydrogen-bond donors (Lipinski definition) is 1. The summed E-state index contributed by atoms with van der Waals surface area (Å²) >= 11 is 0. The highest BCUT2D eigenvalue weighted by Crippen LogP contribution is 2.30. The van der Waals surface area contributed by atoms with E-state index in [0.717, 1.165) is 29.8 Å². The fourth-order valence-corrected chi connectivity index (χ4v) is 3.73. The number of likely N-dealkylation sites (tertiary alicyclic amines) is 1. The van der Waals surface area contributed by atoms with Crippen molar-refractivity contribution in [1.29, 1.82) is 0 Å². The standard InChI is InChI=1S/C24H27N3O4/c1-24(2,3)31-23(29)25-18-8-6-7-17(15-18)22(28)27-13-11-16(12-14-27)21-26-19-9-4-5-10-20(19)30-21/h4-10,15-16H,11-14H2,1-3H3,(H,25,29). The van der Waals surface area contributed by atoms with Gasteiger partial charge in [0.05, 0.1) is 0 Å². The number of benzene rings is 2. The lowest BCUT2D eigenvalue weighted by atomic mass is 9.96. The third-order valence-electron chi connectivity index (χ3n) is 5.20. The van der Waals surface area contributed by atoms with Crippen molar-refractivity contribution in [1.82, 2.24) is 9.88 Å². The van der Waals surface area contributed by atoms with Crippen LogP contribution in [0, 0.1) is 0 Å². The van der Waals surface area contributed by atoms with E-state index >= 15 is 0 Å². The minimum atomic E-state index is -0.587. The molecule has 0 atom stereocenters. The Labute approximate surface area is 181 Å². The van der Waals surface area contributed by atoms with Crippen molar-refractivity contribution in [3.8, 4) is 0 Å². The molecule has 1 fully saturated rings. The normalized spacial score (nSPS) is 15.1. The minimum Gasteiger partial charge on any atom is -0.444 e. The number of nitrogens with one attached hydrogen (secondary N) is 1. The molecule has 2 amide bonds. The number of nitrogens with zero attached hydrogens (tertiary/aromatic N) is 2. The van der Waals surface area contributed by atoms with Gasteiger partial charge in [0, 0.05) is 30.3 Å². The summed E-state index contributed by atoms with van der Waals surface area (Å²) in [5.41, 5.74) is 2.14. The number of ether oxygens (including phenoxy) is 1. The molecule has 0 radical (unpaired) electrons. The fraction of sp³-hybridized carbons (Fsp3) is 0.375.